The Balaban J connectivity index is 1.82. The normalized spacial score (nSPS) is 21.3. The van der Waals surface area contributed by atoms with Gasteiger partial charge in [-0.3, -0.25) is 0 Å². The van der Waals surface area contributed by atoms with Crippen LogP contribution in [0.3, 0.4) is 0 Å². The van der Waals surface area contributed by atoms with Gasteiger partial charge in [0, 0.05) is 24.4 Å². The van der Waals surface area contributed by atoms with Crippen molar-refractivity contribution in [2.75, 3.05) is 23.8 Å². The molecule has 2 N–H and O–H groups in total. The van der Waals surface area contributed by atoms with Crippen molar-refractivity contribution in [2.24, 2.45) is 0 Å². The van der Waals surface area contributed by atoms with Crippen molar-refractivity contribution in [2.45, 2.75) is 51.7 Å². The fraction of sp³-hybridized carbons (Fsp3) is 0.500. The number of fused-ring (bicyclic) bond motifs is 4. The highest BCUT2D eigenvalue weighted by molar-refractivity contribution is 5.57. The molecule has 0 saturated heterocycles. The van der Waals surface area contributed by atoms with Gasteiger partial charge in [-0.05, 0) is 44.7 Å². The van der Waals surface area contributed by atoms with E-state index in [0.29, 0.717) is 19.2 Å². The lowest BCUT2D eigenvalue weighted by Gasteiger charge is -2.22. The zero-order valence-corrected chi connectivity index (χ0v) is 15.9. The van der Waals surface area contributed by atoms with E-state index in [1.165, 1.54) is 6.20 Å². The predicted octanol–water partition coefficient (Wildman–Crippen LogP) is 4.52. The number of anilines is 3. The molecule has 1 aliphatic heterocycles. The number of hydrogen-bond acceptors (Lipinski definition) is 6. The largest absolute Gasteiger partial charge is 0.494 e. The van der Waals surface area contributed by atoms with Crippen LogP contribution in [-0.4, -0.2) is 35.3 Å². The van der Waals surface area contributed by atoms with E-state index < -0.39 is 5.82 Å². The zero-order chi connectivity index (χ0) is 19.1. The topological polar surface area (TPSA) is 68.3 Å². The van der Waals surface area contributed by atoms with Crippen LogP contribution in [0.25, 0.3) is 0 Å². The fourth-order valence-electron chi connectivity index (χ4n) is 3.00. The van der Waals surface area contributed by atoms with Crippen molar-refractivity contribution in [3.8, 4) is 5.75 Å². The van der Waals surface area contributed by atoms with Crippen LogP contribution in [0.15, 0.2) is 30.5 Å². The SMILES string of the molecule is CCC1CC(C)Nc2nc(ncc2F)Nc2cccc(c2)OCCCCO1. The Morgan fingerprint density at radius 3 is 2.96 bits per heavy atom. The van der Waals surface area contributed by atoms with Gasteiger partial charge in [-0.15, -0.1) is 0 Å². The first-order valence-electron chi connectivity index (χ1n) is 9.54. The highest BCUT2D eigenvalue weighted by Gasteiger charge is 2.15. The van der Waals surface area contributed by atoms with Crippen molar-refractivity contribution < 1.29 is 13.9 Å². The molecule has 6 nitrogen and oxygen atoms in total. The molecule has 0 fully saturated rings. The summed E-state index contributed by atoms with van der Waals surface area (Å²) in [5.41, 5.74) is 0.789. The molecule has 1 aliphatic rings. The number of halogens is 1. The van der Waals surface area contributed by atoms with Crippen LogP contribution in [0.1, 0.15) is 39.5 Å². The Morgan fingerprint density at radius 1 is 1.26 bits per heavy atom. The van der Waals surface area contributed by atoms with Gasteiger partial charge >= 0.3 is 0 Å². The quantitative estimate of drug-likeness (QED) is 0.765. The Hall–Kier alpha value is -2.41. The molecule has 146 valence electrons. The van der Waals surface area contributed by atoms with E-state index in [9.17, 15) is 4.39 Å². The van der Waals surface area contributed by atoms with Crippen molar-refractivity contribution >= 4 is 17.5 Å². The van der Waals surface area contributed by atoms with Crippen LogP contribution in [-0.2, 0) is 4.74 Å². The summed E-state index contributed by atoms with van der Waals surface area (Å²) in [6.45, 7) is 5.44. The van der Waals surface area contributed by atoms with Gasteiger partial charge in [0.2, 0.25) is 5.95 Å². The number of ether oxygens (including phenoxy) is 2. The third kappa shape index (κ3) is 5.79. The van der Waals surface area contributed by atoms with E-state index in [0.717, 1.165) is 37.1 Å². The number of hydrogen-bond donors (Lipinski definition) is 2. The average Bonchev–Trinajstić information content (AvgIpc) is 2.66. The predicted molar refractivity (Wildman–Crippen MR) is 104 cm³/mol. The smallest absolute Gasteiger partial charge is 0.229 e. The van der Waals surface area contributed by atoms with Gasteiger partial charge in [-0.1, -0.05) is 13.0 Å². The lowest BCUT2D eigenvalue weighted by molar-refractivity contribution is 0.0389. The summed E-state index contributed by atoms with van der Waals surface area (Å²) >= 11 is 0. The van der Waals surface area contributed by atoms with Crippen LogP contribution in [0, 0.1) is 5.82 Å². The third-order valence-corrected chi connectivity index (χ3v) is 4.45. The molecule has 0 amide bonds. The minimum absolute atomic E-state index is 0.0227. The number of rotatable bonds is 1. The van der Waals surface area contributed by atoms with Crippen LogP contribution in [0.2, 0.25) is 0 Å². The number of nitrogens with zero attached hydrogens (tertiary/aromatic N) is 2. The minimum Gasteiger partial charge on any atom is -0.494 e. The van der Waals surface area contributed by atoms with E-state index in [-0.39, 0.29) is 18.0 Å². The maximum atomic E-state index is 14.2. The first kappa shape index (κ1) is 19.4. The maximum Gasteiger partial charge on any atom is 0.229 e. The van der Waals surface area contributed by atoms with Crippen molar-refractivity contribution in [3.05, 3.63) is 36.3 Å². The van der Waals surface area contributed by atoms with Gasteiger partial charge in [-0.2, -0.15) is 4.98 Å². The second-order valence-corrected chi connectivity index (χ2v) is 6.78. The van der Waals surface area contributed by atoms with Gasteiger partial charge in [0.15, 0.2) is 11.6 Å². The molecule has 2 atom stereocenters. The van der Waals surface area contributed by atoms with Crippen molar-refractivity contribution in [1.82, 2.24) is 9.97 Å². The molecular formula is C20H27FN4O2. The molecule has 4 bridgehead atoms. The van der Waals surface area contributed by atoms with Crippen molar-refractivity contribution in [3.63, 3.8) is 0 Å². The summed E-state index contributed by atoms with van der Waals surface area (Å²) in [4.78, 5) is 8.32. The van der Waals surface area contributed by atoms with E-state index >= 15 is 0 Å². The first-order chi connectivity index (χ1) is 13.1. The Morgan fingerprint density at radius 2 is 2.11 bits per heavy atom. The fourth-order valence-corrected chi connectivity index (χ4v) is 3.00. The number of benzene rings is 1. The number of nitrogens with one attached hydrogen (secondary N) is 2. The summed E-state index contributed by atoms with van der Waals surface area (Å²) in [6.07, 6.45) is 4.86. The van der Waals surface area contributed by atoms with Crippen LogP contribution < -0.4 is 15.4 Å². The Bertz CT molecular complexity index is 744. The summed E-state index contributed by atoms with van der Waals surface area (Å²) in [5.74, 6) is 0.810. The lowest BCUT2D eigenvalue weighted by atomic mass is 10.1. The maximum absolute atomic E-state index is 14.2. The molecule has 2 heterocycles. The lowest BCUT2D eigenvalue weighted by Crippen LogP contribution is -2.25. The van der Waals surface area contributed by atoms with Crippen LogP contribution in [0.5, 0.6) is 5.75 Å². The van der Waals surface area contributed by atoms with Gasteiger partial charge in [0.05, 0.1) is 18.9 Å². The van der Waals surface area contributed by atoms with E-state index in [1.54, 1.807) is 0 Å². The minimum atomic E-state index is -0.476. The molecule has 0 spiro atoms. The summed E-state index contributed by atoms with van der Waals surface area (Å²) in [5, 5.41) is 6.25. The second kappa shape index (κ2) is 9.50. The summed E-state index contributed by atoms with van der Waals surface area (Å²) in [7, 11) is 0. The summed E-state index contributed by atoms with van der Waals surface area (Å²) < 4.78 is 25.9. The molecule has 27 heavy (non-hydrogen) atoms. The van der Waals surface area contributed by atoms with Gasteiger partial charge in [0.1, 0.15) is 5.75 Å². The first-order valence-corrected chi connectivity index (χ1v) is 9.54. The number of aromatic nitrogens is 2. The van der Waals surface area contributed by atoms with Crippen LogP contribution in [0.4, 0.5) is 21.8 Å². The van der Waals surface area contributed by atoms with Crippen molar-refractivity contribution in [1.29, 1.82) is 0 Å². The molecule has 2 aromatic rings. The zero-order valence-electron chi connectivity index (χ0n) is 15.9. The van der Waals surface area contributed by atoms with E-state index in [1.807, 2.05) is 31.2 Å². The van der Waals surface area contributed by atoms with Gasteiger partial charge in [0.25, 0.3) is 0 Å². The monoisotopic (exact) mass is 374 g/mol. The molecule has 7 heteroatoms. The van der Waals surface area contributed by atoms with Gasteiger partial charge in [-0.25, -0.2) is 9.37 Å². The Labute approximate surface area is 159 Å². The highest BCUT2D eigenvalue weighted by Crippen LogP contribution is 2.22. The second-order valence-electron chi connectivity index (χ2n) is 6.78. The third-order valence-electron chi connectivity index (χ3n) is 4.45. The van der Waals surface area contributed by atoms with E-state index in [4.69, 9.17) is 9.47 Å². The van der Waals surface area contributed by atoms with Crippen LogP contribution >= 0.6 is 0 Å². The average molecular weight is 374 g/mol. The molecule has 0 aliphatic carbocycles. The Kier molecular flexibility index (Phi) is 6.81. The standard InChI is InChI=1S/C20H27FN4O2/c1-3-16-11-14(2)23-19-18(21)13-22-20(25-19)24-15-7-6-8-17(12-15)27-10-5-4-9-26-16/h6-8,12-14,16H,3-5,9-11H2,1-2H3,(H2,22,23,24,25). The molecule has 1 aromatic carbocycles. The van der Waals surface area contributed by atoms with E-state index in [2.05, 4.69) is 27.5 Å². The molecule has 2 unspecified atom stereocenters. The molecule has 3 rings (SSSR count). The molecule has 1 aromatic heterocycles. The highest BCUT2D eigenvalue weighted by atomic mass is 19.1. The summed E-state index contributed by atoms with van der Waals surface area (Å²) in [6, 6.07) is 7.59. The molecular weight excluding hydrogens is 347 g/mol. The molecule has 0 radical (unpaired) electrons. The van der Waals surface area contributed by atoms with Gasteiger partial charge < -0.3 is 20.1 Å². The molecule has 0 saturated carbocycles.